The summed E-state index contributed by atoms with van der Waals surface area (Å²) in [6.45, 7) is 4.28. The summed E-state index contributed by atoms with van der Waals surface area (Å²) in [7, 11) is 1.61. The number of para-hydroxylation sites is 1. The van der Waals surface area contributed by atoms with E-state index >= 15 is 0 Å². The summed E-state index contributed by atoms with van der Waals surface area (Å²) in [5, 5.41) is 8.91. The second-order valence-electron chi connectivity index (χ2n) is 4.37. The molecule has 0 N–H and O–H groups in total. The van der Waals surface area contributed by atoms with E-state index in [4.69, 9.17) is 14.7 Å². The normalized spacial score (nSPS) is 10.8. The van der Waals surface area contributed by atoms with Gasteiger partial charge in [-0.25, -0.2) is 0 Å². The highest BCUT2D eigenvalue weighted by Crippen LogP contribution is 2.35. The average molecular weight is 298 g/mol. The molecule has 0 aliphatic rings. The lowest BCUT2D eigenvalue weighted by Gasteiger charge is -2.17. The van der Waals surface area contributed by atoms with Crippen molar-refractivity contribution < 1.29 is 9.47 Å². The van der Waals surface area contributed by atoms with Crippen molar-refractivity contribution in [3.63, 3.8) is 0 Å². The number of benzene rings is 1. The molecule has 0 unspecified atom stereocenters. The largest absolute Gasteiger partial charge is 0.493 e. The highest BCUT2D eigenvalue weighted by atomic mass is 79.9. The minimum absolute atomic E-state index is 0.367. The molecule has 4 heteroatoms. The molecule has 1 rings (SSSR count). The van der Waals surface area contributed by atoms with Gasteiger partial charge in [0.2, 0.25) is 0 Å². The van der Waals surface area contributed by atoms with Gasteiger partial charge in [0.1, 0.15) is 0 Å². The van der Waals surface area contributed by atoms with Gasteiger partial charge in [0.15, 0.2) is 11.5 Å². The van der Waals surface area contributed by atoms with E-state index in [0.717, 1.165) is 4.47 Å². The quantitative estimate of drug-likeness (QED) is 0.831. The van der Waals surface area contributed by atoms with Crippen molar-refractivity contribution in [2.45, 2.75) is 20.3 Å². The van der Waals surface area contributed by atoms with Crippen LogP contribution in [0.25, 0.3) is 0 Å². The number of hydrogen-bond acceptors (Lipinski definition) is 3. The van der Waals surface area contributed by atoms with Crippen molar-refractivity contribution in [1.82, 2.24) is 0 Å². The summed E-state index contributed by atoms with van der Waals surface area (Å²) in [6.07, 6.45) is 0.675. The van der Waals surface area contributed by atoms with Crippen molar-refractivity contribution in [2.75, 3.05) is 13.7 Å². The lowest BCUT2D eigenvalue weighted by molar-refractivity contribution is 0.251. The van der Waals surface area contributed by atoms with Crippen LogP contribution < -0.4 is 9.47 Å². The number of ether oxygens (including phenoxy) is 2. The number of nitriles is 1. The summed E-state index contributed by atoms with van der Waals surface area (Å²) in [5.41, 5.74) is -0.367. The number of hydrogen-bond donors (Lipinski definition) is 0. The molecular formula is C13H16BrNO2. The maximum atomic E-state index is 8.91. The van der Waals surface area contributed by atoms with Crippen LogP contribution in [-0.4, -0.2) is 13.7 Å². The third kappa shape index (κ3) is 3.94. The van der Waals surface area contributed by atoms with Gasteiger partial charge in [-0.3, -0.25) is 0 Å². The molecule has 0 amide bonds. The zero-order valence-corrected chi connectivity index (χ0v) is 11.9. The zero-order chi connectivity index (χ0) is 12.9. The second-order valence-corrected chi connectivity index (χ2v) is 5.22. The van der Waals surface area contributed by atoms with Crippen LogP contribution in [0, 0.1) is 16.7 Å². The van der Waals surface area contributed by atoms with E-state index < -0.39 is 0 Å². The standard InChI is InChI=1S/C13H16BrNO2/c1-13(2,9-15)7-8-17-12-10(14)5-4-6-11(12)16-3/h4-6H,7-8H2,1-3H3. The number of rotatable bonds is 5. The van der Waals surface area contributed by atoms with Crippen LogP contribution in [0.3, 0.4) is 0 Å². The Morgan fingerprint density at radius 1 is 1.41 bits per heavy atom. The number of nitrogens with zero attached hydrogens (tertiary/aromatic N) is 1. The van der Waals surface area contributed by atoms with E-state index in [1.807, 2.05) is 32.0 Å². The maximum Gasteiger partial charge on any atom is 0.175 e. The maximum absolute atomic E-state index is 8.91. The second kappa shape index (κ2) is 5.92. The summed E-state index contributed by atoms with van der Waals surface area (Å²) in [6, 6.07) is 7.87. The van der Waals surface area contributed by atoms with Crippen LogP contribution in [0.1, 0.15) is 20.3 Å². The Balaban J connectivity index is 2.67. The lowest BCUT2D eigenvalue weighted by Crippen LogP contribution is -2.13. The Labute approximate surface area is 110 Å². The van der Waals surface area contributed by atoms with Gasteiger partial charge in [-0.1, -0.05) is 6.07 Å². The van der Waals surface area contributed by atoms with Crippen molar-refractivity contribution in [2.24, 2.45) is 5.41 Å². The number of halogens is 1. The summed E-state index contributed by atoms with van der Waals surface area (Å²) in [4.78, 5) is 0. The van der Waals surface area contributed by atoms with Crippen LogP contribution >= 0.6 is 15.9 Å². The first-order chi connectivity index (χ1) is 8.00. The molecule has 92 valence electrons. The van der Waals surface area contributed by atoms with Crippen molar-refractivity contribution in [3.8, 4) is 17.6 Å². The van der Waals surface area contributed by atoms with E-state index in [9.17, 15) is 0 Å². The van der Waals surface area contributed by atoms with Crippen LogP contribution in [0.4, 0.5) is 0 Å². The molecule has 0 saturated heterocycles. The zero-order valence-electron chi connectivity index (χ0n) is 10.3. The minimum atomic E-state index is -0.367. The number of methoxy groups -OCH3 is 1. The van der Waals surface area contributed by atoms with Gasteiger partial charge in [-0.2, -0.15) is 5.26 Å². The fourth-order valence-electron chi connectivity index (χ4n) is 1.25. The highest BCUT2D eigenvalue weighted by Gasteiger charge is 2.17. The summed E-state index contributed by atoms with van der Waals surface area (Å²) in [5.74, 6) is 1.37. The predicted molar refractivity (Wildman–Crippen MR) is 70.2 cm³/mol. The molecule has 1 aromatic carbocycles. The molecule has 3 nitrogen and oxygen atoms in total. The fourth-order valence-corrected chi connectivity index (χ4v) is 1.72. The molecule has 0 radical (unpaired) electrons. The Kier molecular flexibility index (Phi) is 4.83. The third-order valence-corrected chi connectivity index (χ3v) is 3.05. The van der Waals surface area contributed by atoms with Crippen LogP contribution in [-0.2, 0) is 0 Å². The molecule has 0 saturated carbocycles. The van der Waals surface area contributed by atoms with Gasteiger partial charge < -0.3 is 9.47 Å². The topological polar surface area (TPSA) is 42.2 Å². The highest BCUT2D eigenvalue weighted by molar-refractivity contribution is 9.10. The monoisotopic (exact) mass is 297 g/mol. The van der Waals surface area contributed by atoms with E-state index in [1.165, 1.54) is 0 Å². The van der Waals surface area contributed by atoms with E-state index in [-0.39, 0.29) is 5.41 Å². The van der Waals surface area contributed by atoms with Gasteiger partial charge in [0, 0.05) is 0 Å². The van der Waals surface area contributed by atoms with Gasteiger partial charge in [0.25, 0.3) is 0 Å². The molecule has 1 aromatic rings. The molecule has 0 aliphatic carbocycles. The summed E-state index contributed by atoms with van der Waals surface area (Å²) < 4.78 is 11.7. The first kappa shape index (κ1) is 13.9. The Bertz CT molecular complexity index is 424. The molecular weight excluding hydrogens is 282 g/mol. The van der Waals surface area contributed by atoms with E-state index in [1.54, 1.807) is 7.11 Å². The van der Waals surface area contributed by atoms with Gasteiger partial charge >= 0.3 is 0 Å². The van der Waals surface area contributed by atoms with Gasteiger partial charge in [-0.15, -0.1) is 0 Å². The third-order valence-electron chi connectivity index (χ3n) is 2.43. The van der Waals surface area contributed by atoms with Gasteiger partial charge in [0.05, 0.1) is 29.7 Å². The van der Waals surface area contributed by atoms with Crippen molar-refractivity contribution in [3.05, 3.63) is 22.7 Å². The minimum Gasteiger partial charge on any atom is -0.493 e. The van der Waals surface area contributed by atoms with Crippen molar-refractivity contribution in [1.29, 1.82) is 5.26 Å². The molecule has 0 atom stereocenters. The molecule has 0 aromatic heterocycles. The molecule has 0 fully saturated rings. The lowest BCUT2D eigenvalue weighted by atomic mass is 9.92. The van der Waals surface area contributed by atoms with Gasteiger partial charge in [-0.05, 0) is 48.3 Å². The first-order valence-electron chi connectivity index (χ1n) is 5.37. The molecule has 17 heavy (non-hydrogen) atoms. The van der Waals surface area contributed by atoms with Crippen LogP contribution in [0.15, 0.2) is 22.7 Å². The molecule has 0 heterocycles. The molecule has 0 bridgehead atoms. The van der Waals surface area contributed by atoms with E-state index in [2.05, 4.69) is 22.0 Å². The van der Waals surface area contributed by atoms with Crippen molar-refractivity contribution >= 4 is 15.9 Å². The smallest absolute Gasteiger partial charge is 0.175 e. The summed E-state index contributed by atoms with van der Waals surface area (Å²) >= 11 is 3.42. The van der Waals surface area contributed by atoms with Crippen LogP contribution in [0.2, 0.25) is 0 Å². The fraction of sp³-hybridized carbons (Fsp3) is 0.462. The van der Waals surface area contributed by atoms with Crippen LogP contribution in [0.5, 0.6) is 11.5 Å². The Morgan fingerprint density at radius 3 is 2.71 bits per heavy atom. The van der Waals surface area contributed by atoms with E-state index in [0.29, 0.717) is 24.5 Å². The molecule has 0 spiro atoms. The SMILES string of the molecule is COc1cccc(Br)c1OCCC(C)(C)C#N. The molecule has 0 aliphatic heterocycles. The average Bonchev–Trinajstić information content (AvgIpc) is 2.31. The Hall–Kier alpha value is -1.21. The first-order valence-corrected chi connectivity index (χ1v) is 6.16. The predicted octanol–water partition coefficient (Wildman–Crippen LogP) is 3.78. The Morgan fingerprint density at radius 2 is 2.12 bits per heavy atom.